The van der Waals surface area contributed by atoms with Crippen LogP contribution in [-0.4, -0.2) is 30.2 Å². The molecule has 0 aliphatic rings. The van der Waals surface area contributed by atoms with Crippen molar-refractivity contribution in [2.24, 2.45) is 5.92 Å². The summed E-state index contributed by atoms with van der Waals surface area (Å²) in [6.07, 6.45) is 5.03. The number of hydrogen-bond acceptors (Lipinski definition) is 2. The van der Waals surface area contributed by atoms with E-state index in [1.807, 2.05) is 20.8 Å². The van der Waals surface area contributed by atoms with Gasteiger partial charge in [0.25, 0.3) is 0 Å². The van der Waals surface area contributed by atoms with Gasteiger partial charge in [0.1, 0.15) is 5.60 Å². The lowest BCUT2D eigenvalue weighted by Crippen LogP contribution is -2.35. The van der Waals surface area contributed by atoms with Crippen molar-refractivity contribution in [2.45, 2.75) is 66.4 Å². The fourth-order valence-electron chi connectivity index (χ4n) is 1.56. The van der Waals surface area contributed by atoms with E-state index < -0.39 is 5.60 Å². The molecule has 0 aliphatic heterocycles. The van der Waals surface area contributed by atoms with Crippen LogP contribution in [0.1, 0.15) is 60.8 Å². The summed E-state index contributed by atoms with van der Waals surface area (Å²) in [5.41, 5.74) is 4.05. The molecule has 0 aromatic carbocycles. The van der Waals surface area contributed by atoms with Gasteiger partial charge in [-0.2, -0.15) is 0 Å². The Bertz CT molecular complexity index is 358. The standard InChI is InChI=1S/C17H31NO2/c1-8-9-10-15(12-11-14(2)3)13-18(7)16(19)20-17(4,5)6/h11,14H,8-10,13H2,1-7H3. The number of rotatable bonds is 6. The molecule has 0 aromatic rings. The molecule has 0 aromatic heterocycles. The number of likely N-dealkylation sites (N-methyl/N-ethyl adjacent to an activating group) is 1. The molecule has 0 N–H and O–H groups in total. The second kappa shape index (κ2) is 8.86. The summed E-state index contributed by atoms with van der Waals surface area (Å²) in [5.74, 6) is 0.471. The van der Waals surface area contributed by atoms with Gasteiger partial charge in [-0.1, -0.05) is 27.2 Å². The maximum Gasteiger partial charge on any atom is 0.410 e. The van der Waals surface area contributed by atoms with Gasteiger partial charge in [0, 0.05) is 7.05 Å². The molecule has 1 amide bonds. The Morgan fingerprint density at radius 2 is 1.95 bits per heavy atom. The smallest absolute Gasteiger partial charge is 0.410 e. The van der Waals surface area contributed by atoms with Crippen LogP contribution >= 0.6 is 0 Å². The molecule has 0 aliphatic carbocycles. The SMILES string of the molecule is CCCCC(=C=CC(C)C)CN(C)C(=O)OC(C)(C)C. The zero-order valence-corrected chi connectivity index (χ0v) is 14.2. The first-order valence-corrected chi connectivity index (χ1v) is 7.54. The second-order valence-corrected chi connectivity index (χ2v) is 6.60. The fraction of sp³-hybridized carbons (Fsp3) is 0.765. The van der Waals surface area contributed by atoms with E-state index in [-0.39, 0.29) is 6.09 Å². The van der Waals surface area contributed by atoms with Crippen LogP contribution in [0.3, 0.4) is 0 Å². The first-order valence-electron chi connectivity index (χ1n) is 7.54. The van der Waals surface area contributed by atoms with E-state index in [1.165, 1.54) is 0 Å². The van der Waals surface area contributed by atoms with Crippen LogP contribution in [0.4, 0.5) is 4.79 Å². The van der Waals surface area contributed by atoms with Gasteiger partial charge in [0.2, 0.25) is 0 Å². The molecule has 0 saturated carbocycles. The largest absolute Gasteiger partial charge is 0.444 e. The number of amides is 1. The van der Waals surface area contributed by atoms with E-state index in [0.29, 0.717) is 12.5 Å². The highest BCUT2D eigenvalue weighted by molar-refractivity contribution is 5.68. The van der Waals surface area contributed by atoms with Gasteiger partial charge in [-0.15, -0.1) is 5.73 Å². The summed E-state index contributed by atoms with van der Waals surface area (Å²) in [5, 5.41) is 0. The molecule has 0 rings (SSSR count). The fourth-order valence-corrected chi connectivity index (χ4v) is 1.56. The lowest BCUT2D eigenvalue weighted by molar-refractivity contribution is 0.0312. The molecule has 3 heteroatoms. The molecular formula is C17H31NO2. The Morgan fingerprint density at radius 3 is 2.40 bits per heavy atom. The van der Waals surface area contributed by atoms with Crippen molar-refractivity contribution in [2.75, 3.05) is 13.6 Å². The van der Waals surface area contributed by atoms with E-state index in [2.05, 4.69) is 32.6 Å². The normalized spacial score (nSPS) is 11.0. The summed E-state index contributed by atoms with van der Waals surface area (Å²) in [4.78, 5) is 13.6. The Morgan fingerprint density at radius 1 is 1.35 bits per heavy atom. The van der Waals surface area contributed by atoms with E-state index in [0.717, 1.165) is 24.8 Å². The minimum Gasteiger partial charge on any atom is -0.444 e. The van der Waals surface area contributed by atoms with Crippen molar-refractivity contribution in [3.8, 4) is 0 Å². The molecule has 0 saturated heterocycles. The molecule has 3 nitrogen and oxygen atoms in total. The first-order chi connectivity index (χ1) is 9.15. The van der Waals surface area contributed by atoms with Crippen LogP contribution in [-0.2, 0) is 4.74 Å². The molecule has 0 bridgehead atoms. The van der Waals surface area contributed by atoms with Crippen LogP contribution in [0.5, 0.6) is 0 Å². The Balaban J connectivity index is 4.72. The molecular weight excluding hydrogens is 250 g/mol. The summed E-state index contributed by atoms with van der Waals surface area (Å²) >= 11 is 0. The van der Waals surface area contributed by atoms with E-state index in [9.17, 15) is 4.79 Å². The molecule has 116 valence electrons. The van der Waals surface area contributed by atoms with Gasteiger partial charge < -0.3 is 9.64 Å². The second-order valence-electron chi connectivity index (χ2n) is 6.60. The van der Waals surface area contributed by atoms with Gasteiger partial charge in [-0.05, 0) is 51.2 Å². The van der Waals surface area contributed by atoms with Crippen molar-refractivity contribution < 1.29 is 9.53 Å². The molecule has 20 heavy (non-hydrogen) atoms. The highest BCUT2D eigenvalue weighted by Crippen LogP contribution is 2.12. The lowest BCUT2D eigenvalue weighted by Gasteiger charge is -2.25. The molecule has 0 radical (unpaired) electrons. The van der Waals surface area contributed by atoms with Crippen molar-refractivity contribution in [3.05, 3.63) is 17.4 Å². The maximum atomic E-state index is 12.0. The predicted octanol–water partition coefficient (Wildman–Crippen LogP) is 4.78. The number of ether oxygens (including phenoxy) is 1. The van der Waals surface area contributed by atoms with E-state index in [4.69, 9.17) is 4.74 Å². The van der Waals surface area contributed by atoms with Gasteiger partial charge >= 0.3 is 6.09 Å². The van der Waals surface area contributed by atoms with Crippen LogP contribution in [0.2, 0.25) is 0 Å². The average molecular weight is 281 g/mol. The monoisotopic (exact) mass is 281 g/mol. The quantitative estimate of drug-likeness (QED) is 0.656. The van der Waals surface area contributed by atoms with E-state index in [1.54, 1.807) is 11.9 Å². The van der Waals surface area contributed by atoms with Gasteiger partial charge in [0.15, 0.2) is 0 Å². The topological polar surface area (TPSA) is 29.5 Å². The molecule has 0 atom stereocenters. The number of nitrogens with zero attached hydrogens (tertiary/aromatic N) is 1. The van der Waals surface area contributed by atoms with Crippen LogP contribution in [0.15, 0.2) is 17.4 Å². The summed E-state index contributed by atoms with van der Waals surface area (Å²) in [6.45, 7) is 12.6. The van der Waals surface area contributed by atoms with Crippen molar-refractivity contribution in [1.29, 1.82) is 0 Å². The first kappa shape index (κ1) is 18.8. The number of carbonyl (C=O) groups excluding carboxylic acids is 1. The zero-order chi connectivity index (χ0) is 15.8. The van der Waals surface area contributed by atoms with Crippen LogP contribution < -0.4 is 0 Å². The van der Waals surface area contributed by atoms with Crippen LogP contribution in [0, 0.1) is 5.92 Å². The van der Waals surface area contributed by atoms with Crippen LogP contribution in [0.25, 0.3) is 0 Å². The number of unbranched alkanes of at least 4 members (excludes halogenated alkanes) is 1. The maximum absolute atomic E-state index is 12.0. The minimum atomic E-state index is -0.452. The van der Waals surface area contributed by atoms with Crippen molar-refractivity contribution >= 4 is 6.09 Å². The Kier molecular flexibility index (Phi) is 8.33. The molecule has 0 unspecified atom stereocenters. The predicted molar refractivity (Wildman–Crippen MR) is 84.8 cm³/mol. The lowest BCUT2D eigenvalue weighted by atomic mass is 10.1. The zero-order valence-electron chi connectivity index (χ0n) is 14.2. The van der Waals surface area contributed by atoms with Gasteiger partial charge in [-0.25, -0.2) is 4.79 Å². The summed E-state index contributed by atoms with van der Waals surface area (Å²) in [7, 11) is 1.77. The molecule has 0 fully saturated rings. The van der Waals surface area contributed by atoms with E-state index >= 15 is 0 Å². The van der Waals surface area contributed by atoms with Gasteiger partial charge in [-0.3, -0.25) is 0 Å². The molecule has 0 spiro atoms. The van der Waals surface area contributed by atoms with Gasteiger partial charge in [0.05, 0.1) is 6.54 Å². The Hall–Kier alpha value is -1.21. The average Bonchev–Trinajstić information content (AvgIpc) is 2.30. The van der Waals surface area contributed by atoms with Crippen molar-refractivity contribution in [3.63, 3.8) is 0 Å². The Labute approximate surface area is 124 Å². The highest BCUT2D eigenvalue weighted by atomic mass is 16.6. The third-order valence-electron chi connectivity index (χ3n) is 2.59. The number of hydrogen-bond donors (Lipinski definition) is 0. The summed E-state index contributed by atoms with van der Waals surface area (Å²) < 4.78 is 5.37. The molecule has 0 heterocycles. The van der Waals surface area contributed by atoms with Crippen molar-refractivity contribution in [1.82, 2.24) is 4.90 Å². The minimum absolute atomic E-state index is 0.280. The summed E-state index contributed by atoms with van der Waals surface area (Å²) in [6, 6.07) is 0. The highest BCUT2D eigenvalue weighted by Gasteiger charge is 2.19. The third-order valence-corrected chi connectivity index (χ3v) is 2.59. The third kappa shape index (κ3) is 9.69. The number of carbonyl (C=O) groups is 1.